The number of ether oxygens (including phenoxy) is 2. The summed E-state index contributed by atoms with van der Waals surface area (Å²) in [5.41, 5.74) is -0.0317. The summed E-state index contributed by atoms with van der Waals surface area (Å²) in [6.45, 7) is 2.89. The van der Waals surface area contributed by atoms with Gasteiger partial charge in [-0.25, -0.2) is 4.39 Å². The van der Waals surface area contributed by atoms with Crippen molar-refractivity contribution in [3.05, 3.63) is 29.6 Å². The van der Waals surface area contributed by atoms with Gasteiger partial charge in [-0.1, -0.05) is 13.3 Å². The minimum absolute atomic E-state index is 0.0253. The summed E-state index contributed by atoms with van der Waals surface area (Å²) >= 11 is 0. The first-order valence-corrected chi connectivity index (χ1v) is 6.25. The van der Waals surface area contributed by atoms with Crippen LogP contribution in [0.1, 0.15) is 25.3 Å². The van der Waals surface area contributed by atoms with Crippen LogP contribution in [-0.4, -0.2) is 31.0 Å². The van der Waals surface area contributed by atoms with Crippen molar-refractivity contribution in [2.45, 2.75) is 25.9 Å². The predicted octanol–water partition coefficient (Wildman–Crippen LogP) is 2.25. The highest BCUT2D eigenvalue weighted by Crippen LogP contribution is 2.16. The number of benzene rings is 1. The number of hydrogen-bond donors (Lipinski definition) is 1. The van der Waals surface area contributed by atoms with E-state index in [0.29, 0.717) is 6.61 Å². The van der Waals surface area contributed by atoms with Crippen LogP contribution in [-0.2, 0) is 4.74 Å². The molecule has 0 fully saturated rings. The average molecular weight is 267 g/mol. The largest absolute Gasteiger partial charge is 0.491 e. The van der Waals surface area contributed by atoms with Crippen molar-refractivity contribution in [1.29, 1.82) is 5.26 Å². The number of nitriles is 1. The molecule has 0 heterocycles. The van der Waals surface area contributed by atoms with Crippen LogP contribution >= 0.6 is 0 Å². The van der Waals surface area contributed by atoms with Crippen LogP contribution in [0.15, 0.2) is 18.2 Å². The summed E-state index contributed by atoms with van der Waals surface area (Å²) in [5.74, 6) is -0.349. The molecule has 1 N–H and O–H groups in total. The lowest BCUT2D eigenvalue weighted by Crippen LogP contribution is -2.23. The zero-order valence-corrected chi connectivity index (χ0v) is 10.9. The SMILES string of the molecule is CCCCOCC(O)COc1ccc(C#N)c(F)c1. The molecule has 0 aliphatic heterocycles. The van der Waals surface area contributed by atoms with Gasteiger partial charge < -0.3 is 14.6 Å². The molecular formula is C14H18FNO3. The summed E-state index contributed by atoms with van der Waals surface area (Å²) in [5, 5.41) is 18.2. The fourth-order valence-corrected chi connectivity index (χ4v) is 1.38. The van der Waals surface area contributed by atoms with Gasteiger partial charge >= 0.3 is 0 Å². The van der Waals surface area contributed by atoms with Crippen molar-refractivity contribution in [1.82, 2.24) is 0 Å². The second-order valence-corrected chi connectivity index (χ2v) is 4.15. The third-order valence-corrected chi connectivity index (χ3v) is 2.46. The normalized spacial score (nSPS) is 11.9. The van der Waals surface area contributed by atoms with Gasteiger partial charge in [-0.05, 0) is 18.6 Å². The van der Waals surface area contributed by atoms with E-state index in [2.05, 4.69) is 6.92 Å². The van der Waals surface area contributed by atoms with E-state index in [1.165, 1.54) is 12.1 Å². The molecule has 1 atom stereocenters. The van der Waals surface area contributed by atoms with E-state index < -0.39 is 11.9 Å². The number of aliphatic hydroxyl groups is 1. The van der Waals surface area contributed by atoms with E-state index in [1.54, 1.807) is 6.07 Å². The van der Waals surface area contributed by atoms with Crippen LogP contribution in [0.3, 0.4) is 0 Å². The molecule has 1 aromatic carbocycles. The Labute approximate surface area is 112 Å². The van der Waals surface area contributed by atoms with Crippen LogP contribution in [0.5, 0.6) is 5.75 Å². The number of rotatable bonds is 8. The first kappa shape index (κ1) is 15.4. The molecule has 19 heavy (non-hydrogen) atoms. The Morgan fingerprint density at radius 2 is 2.21 bits per heavy atom. The summed E-state index contributed by atoms with van der Waals surface area (Å²) in [6, 6.07) is 5.69. The maximum Gasteiger partial charge on any atom is 0.144 e. The van der Waals surface area contributed by atoms with E-state index in [0.717, 1.165) is 18.9 Å². The Balaban J connectivity index is 2.32. The monoisotopic (exact) mass is 267 g/mol. The molecule has 104 valence electrons. The van der Waals surface area contributed by atoms with E-state index in [-0.39, 0.29) is 24.5 Å². The summed E-state index contributed by atoms with van der Waals surface area (Å²) in [7, 11) is 0. The van der Waals surface area contributed by atoms with Gasteiger partial charge in [0.2, 0.25) is 0 Å². The molecule has 0 aromatic heterocycles. The number of hydrogen-bond acceptors (Lipinski definition) is 4. The van der Waals surface area contributed by atoms with Crippen LogP contribution in [0.25, 0.3) is 0 Å². The topological polar surface area (TPSA) is 62.5 Å². The molecule has 0 bridgehead atoms. The van der Waals surface area contributed by atoms with Crippen molar-refractivity contribution in [2.75, 3.05) is 19.8 Å². The molecule has 0 saturated heterocycles. The van der Waals surface area contributed by atoms with E-state index in [4.69, 9.17) is 14.7 Å². The Kier molecular flexibility index (Phi) is 6.86. The van der Waals surface area contributed by atoms with Gasteiger partial charge in [0.05, 0.1) is 12.2 Å². The van der Waals surface area contributed by atoms with E-state index in [9.17, 15) is 9.50 Å². The number of unbranched alkanes of at least 4 members (excludes halogenated alkanes) is 1. The summed E-state index contributed by atoms with van der Waals surface area (Å²) in [4.78, 5) is 0. The molecule has 5 heteroatoms. The fourth-order valence-electron chi connectivity index (χ4n) is 1.38. The van der Waals surface area contributed by atoms with Crippen LogP contribution in [0.2, 0.25) is 0 Å². The van der Waals surface area contributed by atoms with Gasteiger partial charge in [0.1, 0.15) is 30.3 Å². The van der Waals surface area contributed by atoms with Gasteiger partial charge in [-0.3, -0.25) is 0 Å². The third-order valence-electron chi connectivity index (χ3n) is 2.46. The quantitative estimate of drug-likeness (QED) is 0.734. The first-order valence-electron chi connectivity index (χ1n) is 6.25. The lowest BCUT2D eigenvalue weighted by molar-refractivity contribution is 0.0112. The van der Waals surface area contributed by atoms with Crippen LogP contribution < -0.4 is 4.74 Å². The average Bonchev–Trinajstić information content (AvgIpc) is 2.41. The van der Waals surface area contributed by atoms with Crippen molar-refractivity contribution in [3.8, 4) is 11.8 Å². The lowest BCUT2D eigenvalue weighted by Gasteiger charge is -2.12. The Morgan fingerprint density at radius 1 is 1.42 bits per heavy atom. The maximum absolute atomic E-state index is 13.3. The second-order valence-electron chi connectivity index (χ2n) is 4.15. The van der Waals surface area contributed by atoms with Gasteiger partial charge in [-0.2, -0.15) is 5.26 Å². The Morgan fingerprint density at radius 3 is 2.84 bits per heavy atom. The predicted molar refractivity (Wildman–Crippen MR) is 68.3 cm³/mol. The van der Waals surface area contributed by atoms with Gasteiger partial charge in [0.15, 0.2) is 0 Å². The van der Waals surface area contributed by atoms with Crippen LogP contribution in [0, 0.1) is 17.1 Å². The van der Waals surface area contributed by atoms with Crippen molar-refractivity contribution >= 4 is 0 Å². The van der Waals surface area contributed by atoms with E-state index in [1.807, 2.05) is 0 Å². The van der Waals surface area contributed by atoms with Crippen molar-refractivity contribution in [2.24, 2.45) is 0 Å². The zero-order valence-electron chi connectivity index (χ0n) is 10.9. The van der Waals surface area contributed by atoms with E-state index >= 15 is 0 Å². The number of aliphatic hydroxyl groups excluding tert-OH is 1. The second kappa shape index (κ2) is 8.46. The molecule has 1 aromatic rings. The van der Waals surface area contributed by atoms with Crippen molar-refractivity contribution in [3.63, 3.8) is 0 Å². The molecule has 0 aliphatic rings. The minimum atomic E-state index is -0.754. The first-order chi connectivity index (χ1) is 9.17. The Bertz CT molecular complexity index is 431. The minimum Gasteiger partial charge on any atom is -0.491 e. The number of halogens is 1. The molecule has 0 saturated carbocycles. The molecule has 0 amide bonds. The zero-order chi connectivity index (χ0) is 14.1. The molecule has 1 rings (SSSR count). The highest BCUT2D eigenvalue weighted by Gasteiger charge is 2.07. The molecular weight excluding hydrogens is 249 g/mol. The molecule has 1 unspecified atom stereocenters. The van der Waals surface area contributed by atoms with Gasteiger partial charge in [0.25, 0.3) is 0 Å². The molecule has 4 nitrogen and oxygen atoms in total. The smallest absolute Gasteiger partial charge is 0.144 e. The highest BCUT2D eigenvalue weighted by molar-refractivity contribution is 5.36. The standard InChI is InChI=1S/C14H18FNO3/c1-2-3-6-18-9-12(17)10-19-13-5-4-11(8-16)14(15)7-13/h4-5,7,12,17H,2-3,6,9-10H2,1H3. The summed E-state index contributed by atoms with van der Waals surface area (Å²) in [6.07, 6.45) is 1.24. The van der Waals surface area contributed by atoms with Gasteiger partial charge in [0, 0.05) is 12.7 Å². The van der Waals surface area contributed by atoms with Gasteiger partial charge in [-0.15, -0.1) is 0 Å². The molecule has 0 radical (unpaired) electrons. The fraction of sp³-hybridized carbons (Fsp3) is 0.500. The summed E-state index contributed by atoms with van der Waals surface area (Å²) < 4.78 is 23.7. The number of nitrogens with zero attached hydrogens (tertiary/aromatic N) is 1. The third kappa shape index (κ3) is 5.69. The lowest BCUT2D eigenvalue weighted by atomic mass is 10.2. The highest BCUT2D eigenvalue weighted by atomic mass is 19.1. The molecule has 0 spiro atoms. The Hall–Kier alpha value is -1.64. The molecule has 0 aliphatic carbocycles. The van der Waals surface area contributed by atoms with Crippen LogP contribution in [0.4, 0.5) is 4.39 Å². The van der Waals surface area contributed by atoms with Crippen molar-refractivity contribution < 1.29 is 19.0 Å². The maximum atomic E-state index is 13.3.